The number of carbonyl (C=O) groups excluding carboxylic acids is 1. The topological polar surface area (TPSA) is 26.3 Å². The first-order valence-corrected chi connectivity index (χ1v) is 5.98. The Hall–Kier alpha value is -0.790. The number of hydrogen-bond donors (Lipinski definition) is 0. The largest absolute Gasteiger partial charge is 0.461 e. The number of rotatable bonds is 8. The Labute approximate surface area is 93.7 Å². The molecule has 0 bridgehead atoms. The maximum Gasteiger partial charge on any atom is 0.306 e. The van der Waals surface area contributed by atoms with Crippen LogP contribution >= 0.6 is 0 Å². The standard InChI is InChI=1S/C13H24O2/c1-4-6-7-8-9-10-13(14)15-11-12(3)5-2/h5H,4,6-11H2,1-3H3/b12-5+. The molecule has 88 valence electrons. The van der Waals surface area contributed by atoms with Crippen LogP contribution in [0.25, 0.3) is 0 Å². The second-order valence-corrected chi connectivity index (χ2v) is 3.96. The van der Waals surface area contributed by atoms with Gasteiger partial charge in [-0.1, -0.05) is 38.7 Å². The Balaban J connectivity index is 3.34. The predicted octanol–water partition coefficient (Wildman–Crippen LogP) is 3.86. The Kier molecular flexibility index (Phi) is 9.24. The van der Waals surface area contributed by atoms with E-state index in [2.05, 4.69) is 6.92 Å². The van der Waals surface area contributed by atoms with E-state index in [1.54, 1.807) is 0 Å². The van der Waals surface area contributed by atoms with Gasteiger partial charge in [0.25, 0.3) is 0 Å². The molecule has 0 aliphatic heterocycles. The average Bonchev–Trinajstić information content (AvgIpc) is 2.25. The van der Waals surface area contributed by atoms with E-state index < -0.39 is 0 Å². The highest BCUT2D eigenvalue weighted by molar-refractivity contribution is 5.69. The molecule has 0 radical (unpaired) electrons. The van der Waals surface area contributed by atoms with E-state index in [0.717, 1.165) is 18.4 Å². The molecule has 2 nitrogen and oxygen atoms in total. The van der Waals surface area contributed by atoms with Crippen molar-refractivity contribution in [2.24, 2.45) is 0 Å². The van der Waals surface area contributed by atoms with E-state index in [1.807, 2.05) is 19.9 Å². The lowest BCUT2D eigenvalue weighted by Crippen LogP contribution is -2.06. The summed E-state index contributed by atoms with van der Waals surface area (Å²) >= 11 is 0. The average molecular weight is 212 g/mol. The van der Waals surface area contributed by atoms with Gasteiger partial charge in [0.2, 0.25) is 0 Å². The molecule has 0 N–H and O–H groups in total. The molecule has 0 aromatic heterocycles. The zero-order valence-corrected chi connectivity index (χ0v) is 10.3. The molecule has 0 aliphatic rings. The van der Waals surface area contributed by atoms with Crippen molar-refractivity contribution in [3.8, 4) is 0 Å². The first kappa shape index (κ1) is 14.2. The number of allylic oxidation sites excluding steroid dienone is 1. The van der Waals surface area contributed by atoms with E-state index in [0.29, 0.717) is 13.0 Å². The number of carbonyl (C=O) groups is 1. The van der Waals surface area contributed by atoms with Gasteiger partial charge in [0.1, 0.15) is 6.61 Å². The van der Waals surface area contributed by atoms with Gasteiger partial charge in [0.15, 0.2) is 0 Å². The zero-order chi connectivity index (χ0) is 11.5. The van der Waals surface area contributed by atoms with Crippen LogP contribution in [0, 0.1) is 0 Å². The summed E-state index contributed by atoms with van der Waals surface area (Å²) < 4.78 is 5.09. The first-order valence-electron chi connectivity index (χ1n) is 5.98. The highest BCUT2D eigenvalue weighted by Gasteiger charge is 2.02. The van der Waals surface area contributed by atoms with Crippen LogP contribution in [0.2, 0.25) is 0 Å². The van der Waals surface area contributed by atoms with E-state index in [9.17, 15) is 4.79 Å². The normalized spacial score (nSPS) is 11.5. The second-order valence-electron chi connectivity index (χ2n) is 3.96. The SMILES string of the molecule is C/C=C(\C)COC(=O)CCCCCCC. The molecule has 0 atom stereocenters. The molecule has 0 amide bonds. The molecule has 0 rings (SSSR count). The van der Waals surface area contributed by atoms with E-state index in [-0.39, 0.29) is 5.97 Å². The molecule has 0 aromatic rings. The van der Waals surface area contributed by atoms with Gasteiger partial charge in [-0.25, -0.2) is 0 Å². The lowest BCUT2D eigenvalue weighted by Gasteiger charge is -2.04. The van der Waals surface area contributed by atoms with Crippen molar-refractivity contribution < 1.29 is 9.53 Å². The number of hydrogen-bond acceptors (Lipinski definition) is 2. The summed E-state index contributed by atoms with van der Waals surface area (Å²) in [6, 6.07) is 0. The number of ether oxygens (including phenoxy) is 1. The van der Waals surface area contributed by atoms with Gasteiger partial charge < -0.3 is 4.74 Å². The maximum absolute atomic E-state index is 11.2. The van der Waals surface area contributed by atoms with Gasteiger partial charge in [0, 0.05) is 6.42 Å². The fraction of sp³-hybridized carbons (Fsp3) is 0.769. The summed E-state index contributed by atoms with van der Waals surface area (Å²) in [5, 5.41) is 0. The number of unbranched alkanes of at least 4 members (excludes halogenated alkanes) is 4. The fourth-order valence-electron chi connectivity index (χ4n) is 1.22. The summed E-state index contributed by atoms with van der Waals surface area (Å²) in [4.78, 5) is 11.2. The highest BCUT2D eigenvalue weighted by Crippen LogP contribution is 2.06. The summed E-state index contributed by atoms with van der Waals surface area (Å²) in [6.45, 7) is 6.56. The van der Waals surface area contributed by atoms with Crippen molar-refractivity contribution in [2.75, 3.05) is 6.61 Å². The minimum atomic E-state index is -0.0623. The van der Waals surface area contributed by atoms with Crippen LogP contribution in [0.5, 0.6) is 0 Å². The summed E-state index contributed by atoms with van der Waals surface area (Å²) in [5.41, 5.74) is 1.11. The van der Waals surface area contributed by atoms with Crippen LogP contribution in [0.15, 0.2) is 11.6 Å². The van der Waals surface area contributed by atoms with Crippen LogP contribution in [0.1, 0.15) is 59.3 Å². The van der Waals surface area contributed by atoms with E-state index in [4.69, 9.17) is 4.74 Å². The van der Waals surface area contributed by atoms with Crippen molar-refractivity contribution in [1.29, 1.82) is 0 Å². The zero-order valence-electron chi connectivity index (χ0n) is 10.3. The Morgan fingerprint density at radius 1 is 1.20 bits per heavy atom. The second kappa shape index (κ2) is 9.75. The van der Waals surface area contributed by atoms with Crippen LogP contribution < -0.4 is 0 Å². The van der Waals surface area contributed by atoms with Crippen molar-refractivity contribution in [3.63, 3.8) is 0 Å². The van der Waals surface area contributed by atoms with Gasteiger partial charge >= 0.3 is 5.97 Å². The lowest BCUT2D eigenvalue weighted by molar-refractivity contribution is -0.142. The Morgan fingerprint density at radius 3 is 2.47 bits per heavy atom. The summed E-state index contributed by atoms with van der Waals surface area (Å²) in [7, 11) is 0. The fourth-order valence-corrected chi connectivity index (χ4v) is 1.22. The Bertz CT molecular complexity index is 195. The van der Waals surface area contributed by atoms with Crippen LogP contribution in [0.4, 0.5) is 0 Å². The highest BCUT2D eigenvalue weighted by atomic mass is 16.5. The first-order chi connectivity index (χ1) is 7.20. The van der Waals surface area contributed by atoms with E-state index in [1.165, 1.54) is 19.3 Å². The van der Waals surface area contributed by atoms with Gasteiger partial charge in [-0.15, -0.1) is 0 Å². The number of esters is 1. The molecule has 0 aliphatic carbocycles. The van der Waals surface area contributed by atoms with Crippen LogP contribution in [-0.4, -0.2) is 12.6 Å². The third-order valence-corrected chi connectivity index (χ3v) is 2.44. The van der Waals surface area contributed by atoms with Crippen molar-refractivity contribution >= 4 is 5.97 Å². The molecular weight excluding hydrogens is 188 g/mol. The molecule has 2 heteroatoms. The van der Waals surface area contributed by atoms with Crippen molar-refractivity contribution in [2.45, 2.75) is 59.3 Å². The lowest BCUT2D eigenvalue weighted by atomic mass is 10.1. The monoisotopic (exact) mass is 212 g/mol. The van der Waals surface area contributed by atoms with E-state index >= 15 is 0 Å². The third kappa shape index (κ3) is 9.51. The molecular formula is C13H24O2. The smallest absolute Gasteiger partial charge is 0.306 e. The van der Waals surface area contributed by atoms with Crippen molar-refractivity contribution in [1.82, 2.24) is 0 Å². The minimum absolute atomic E-state index is 0.0623. The molecule has 0 saturated carbocycles. The van der Waals surface area contributed by atoms with Gasteiger partial charge in [-0.05, 0) is 25.8 Å². The van der Waals surface area contributed by atoms with Crippen LogP contribution in [-0.2, 0) is 9.53 Å². The minimum Gasteiger partial charge on any atom is -0.461 e. The van der Waals surface area contributed by atoms with Crippen molar-refractivity contribution in [3.05, 3.63) is 11.6 Å². The molecule has 0 fully saturated rings. The maximum atomic E-state index is 11.2. The third-order valence-electron chi connectivity index (χ3n) is 2.44. The Morgan fingerprint density at radius 2 is 1.87 bits per heavy atom. The van der Waals surface area contributed by atoms with Gasteiger partial charge in [0.05, 0.1) is 0 Å². The van der Waals surface area contributed by atoms with Gasteiger partial charge in [-0.3, -0.25) is 4.79 Å². The molecule has 0 unspecified atom stereocenters. The predicted molar refractivity (Wildman–Crippen MR) is 63.8 cm³/mol. The molecule has 0 spiro atoms. The molecule has 0 saturated heterocycles. The molecule has 0 heterocycles. The summed E-state index contributed by atoms with van der Waals surface area (Å²) in [5.74, 6) is -0.0623. The molecule has 0 aromatic carbocycles. The quantitative estimate of drug-likeness (QED) is 0.347. The van der Waals surface area contributed by atoms with Gasteiger partial charge in [-0.2, -0.15) is 0 Å². The van der Waals surface area contributed by atoms with Crippen LogP contribution in [0.3, 0.4) is 0 Å². The molecule has 15 heavy (non-hydrogen) atoms. The summed E-state index contributed by atoms with van der Waals surface area (Å²) in [6.07, 6.45) is 8.39.